The van der Waals surface area contributed by atoms with Crippen molar-refractivity contribution in [3.8, 4) is 0 Å². The minimum Gasteiger partial charge on any atom is -0.365 e. The summed E-state index contributed by atoms with van der Waals surface area (Å²) in [5.41, 5.74) is 0.582. The zero-order valence-electron chi connectivity index (χ0n) is 19.0. The maximum Gasteiger partial charge on any atom is 0.173 e. The van der Waals surface area contributed by atoms with Crippen molar-refractivity contribution in [3.05, 3.63) is 71.8 Å². The molecular formula is C28H38O4. The Labute approximate surface area is 191 Å². The first-order valence-electron chi connectivity index (χ1n) is 12.4. The van der Waals surface area contributed by atoms with E-state index in [4.69, 9.17) is 0 Å². The third-order valence-corrected chi connectivity index (χ3v) is 8.08. The molecule has 3 atom stereocenters. The van der Waals surface area contributed by atoms with Gasteiger partial charge in [0.05, 0.1) is 5.41 Å². The van der Waals surface area contributed by atoms with E-state index in [1.807, 2.05) is 48.5 Å². The minimum absolute atomic E-state index is 0.220. The molecule has 2 aliphatic rings. The van der Waals surface area contributed by atoms with Gasteiger partial charge in [-0.3, -0.25) is 0 Å². The summed E-state index contributed by atoms with van der Waals surface area (Å²) in [6, 6.07) is 19.7. The van der Waals surface area contributed by atoms with Crippen molar-refractivity contribution in [2.24, 2.45) is 5.92 Å². The second-order valence-electron chi connectivity index (χ2n) is 10.00. The Kier molecular flexibility index (Phi) is 7.06. The highest BCUT2D eigenvalue weighted by atomic mass is 16.5. The molecular weight excluding hydrogens is 400 g/mol. The van der Waals surface area contributed by atoms with Crippen LogP contribution in [0, 0.1) is 5.92 Å². The van der Waals surface area contributed by atoms with E-state index in [1.165, 1.54) is 0 Å². The molecule has 2 aliphatic carbocycles. The molecule has 0 aromatic heterocycles. The van der Waals surface area contributed by atoms with Crippen molar-refractivity contribution in [1.29, 1.82) is 0 Å². The molecule has 0 aliphatic heterocycles. The Morgan fingerprint density at radius 2 is 1.16 bits per heavy atom. The Hall–Kier alpha value is -1.72. The van der Waals surface area contributed by atoms with E-state index in [0.29, 0.717) is 12.8 Å². The topological polar surface area (TPSA) is 80.9 Å². The molecule has 32 heavy (non-hydrogen) atoms. The SMILES string of the molecule is OC1(O)CCCCCCC1C1(c2ccccc2)C(c2ccccc2)CCCCCC1(O)O. The van der Waals surface area contributed by atoms with Crippen LogP contribution in [0.15, 0.2) is 60.7 Å². The van der Waals surface area contributed by atoms with Gasteiger partial charge in [-0.15, -0.1) is 0 Å². The first-order chi connectivity index (χ1) is 15.4. The molecule has 4 N–H and O–H groups in total. The highest BCUT2D eigenvalue weighted by molar-refractivity contribution is 5.39. The molecule has 0 spiro atoms. The van der Waals surface area contributed by atoms with Gasteiger partial charge in [-0.05, 0) is 42.7 Å². The zero-order valence-corrected chi connectivity index (χ0v) is 19.0. The lowest BCUT2D eigenvalue weighted by Gasteiger charge is -2.58. The van der Waals surface area contributed by atoms with Crippen LogP contribution in [0.25, 0.3) is 0 Å². The van der Waals surface area contributed by atoms with Crippen LogP contribution in [-0.4, -0.2) is 32.0 Å². The van der Waals surface area contributed by atoms with Gasteiger partial charge in [-0.25, -0.2) is 0 Å². The van der Waals surface area contributed by atoms with E-state index in [0.717, 1.165) is 56.1 Å². The van der Waals surface area contributed by atoms with Gasteiger partial charge in [0, 0.05) is 18.8 Å². The average molecular weight is 439 g/mol. The summed E-state index contributed by atoms with van der Waals surface area (Å²) in [4.78, 5) is 0. The molecule has 0 amide bonds. The lowest BCUT2D eigenvalue weighted by atomic mass is 9.50. The van der Waals surface area contributed by atoms with Crippen LogP contribution >= 0.6 is 0 Å². The molecule has 0 saturated heterocycles. The summed E-state index contributed by atoms with van der Waals surface area (Å²) in [7, 11) is 0. The minimum atomic E-state index is -2.07. The molecule has 174 valence electrons. The molecule has 0 radical (unpaired) electrons. The fourth-order valence-electron chi connectivity index (χ4n) is 6.68. The van der Waals surface area contributed by atoms with Gasteiger partial charge in [0.25, 0.3) is 0 Å². The molecule has 4 heteroatoms. The zero-order chi connectivity index (χ0) is 22.7. The second kappa shape index (κ2) is 9.64. The van der Waals surface area contributed by atoms with Gasteiger partial charge < -0.3 is 20.4 Å². The lowest BCUT2D eigenvalue weighted by Crippen LogP contribution is -2.65. The Morgan fingerprint density at radius 1 is 0.594 bits per heavy atom. The van der Waals surface area contributed by atoms with E-state index in [-0.39, 0.29) is 18.8 Å². The molecule has 4 nitrogen and oxygen atoms in total. The van der Waals surface area contributed by atoms with Gasteiger partial charge in [0.2, 0.25) is 0 Å². The monoisotopic (exact) mass is 438 g/mol. The third kappa shape index (κ3) is 4.26. The van der Waals surface area contributed by atoms with Crippen LogP contribution in [0.3, 0.4) is 0 Å². The molecule has 2 saturated carbocycles. The maximum atomic E-state index is 12.0. The first kappa shape index (κ1) is 23.4. The number of rotatable bonds is 3. The van der Waals surface area contributed by atoms with E-state index in [2.05, 4.69) is 12.1 Å². The van der Waals surface area contributed by atoms with Gasteiger partial charge in [0.1, 0.15) is 0 Å². The third-order valence-electron chi connectivity index (χ3n) is 8.08. The van der Waals surface area contributed by atoms with Gasteiger partial charge >= 0.3 is 0 Å². The van der Waals surface area contributed by atoms with Crippen molar-refractivity contribution >= 4 is 0 Å². The summed E-state index contributed by atoms with van der Waals surface area (Å²) in [6.07, 6.45) is 7.99. The summed E-state index contributed by atoms with van der Waals surface area (Å²) in [6.45, 7) is 0. The Morgan fingerprint density at radius 3 is 1.88 bits per heavy atom. The number of aliphatic hydroxyl groups is 4. The van der Waals surface area contributed by atoms with Crippen LogP contribution in [0.5, 0.6) is 0 Å². The molecule has 2 aromatic rings. The van der Waals surface area contributed by atoms with Crippen LogP contribution in [0.4, 0.5) is 0 Å². The van der Waals surface area contributed by atoms with Crippen molar-refractivity contribution in [2.45, 2.75) is 93.5 Å². The number of benzene rings is 2. The first-order valence-corrected chi connectivity index (χ1v) is 12.4. The molecule has 0 heterocycles. The van der Waals surface area contributed by atoms with E-state index >= 15 is 0 Å². The average Bonchev–Trinajstić information content (AvgIpc) is 2.77. The highest BCUT2D eigenvalue weighted by Gasteiger charge is 2.64. The van der Waals surface area contributed by atoms with Crippen LogP contribution in [-0.2, 0) is 5.41 Å². The Bertz CT molecular complexity index is 848. The molecule has 2 fully saturated rings. The van der Waals surface area contributed by atoms with Crippen molar-refractivity contribution < 1.29 is 20.4 Å². The second-order valence-corrected chi connectivity index (χ2v) is 10.00. The summed E-state index contributed by atoms with van der Waals surface area (Å²) >= 11 is 0. The lowest BCUT2D eigenvalue weighted by molar-refractivity contribution is -0.299. The summed E-state index contributed by atoms with van der Waals surface area (Å²) < 4.78 is 0. The van der Waals surface area contributed by atoms with Crippen LogP contribution in [0.2, 0.25) is 0 Å². The van der Waals surface area contributed by atoms with E-state index in [9.17, 15) is 20.4 Å². The predicted octanol–water partition coefficient (Wildman–Crippen LogP) is 5.00. The largest absolute Gasteiger partial charge is 0.365 e. The fourth-order valence-corrected chi connectivity index (χ4v) is 6.68. The Balaban J connectivity index is 2.02. The smallest absolute Gasteiger partial charge is 0.173 e. The normalized spacial score (nSPS) is 31.0. The quantitative estimate of drug-likeness (QED) is 0.508. The van der Waals surface area contributed by atoms with Gasteiger partial charge in [-0.1, -0.05) is 92.8 Å². The molecule has 2 aromatic carbocycles. The summed E-state index contributed by atoms with van der Waals surface area (Å²) in [5.74, 6) is -4.99. The standard InChI is InChI=1S/C28H38O4/c29-26(30)20-12-2-1-11-19-25(26)28(23-16-8-4-9-17-23)24(22-14-6-3-7-15-22)18-10-5-13-21-27(28,31)32/h3-4,6-9,14-17,24-25,29-32H,1-2,5,10-13,18-21H2. The van der Waals surface area contributed by atoms with Gasteiger partial charge in [-0.2, -0.15) is 0 Å². The van der Waals surface area contributed by atoms with Crippen molar-refractivity contribution in [2.75, 3.05) is 0 Å². The van der Waals surface area contributed by atoms with Crippen molar-refractivity contribution in [3.63, 3.8) is 0 Å². The van der Waals surface area contributed by atoms with Gasteiger partial charge in [0.15, 0.2) is 11.6 Å². The van der Waals surface area contributed by atoms with Crippen LogP contribution < -0.4 is 0 Å². The fraction of sp³-hybridized carbons (Fsp3) is 0.571. The summed E-state index contributed by atoms with van der Waals surface area (Å²) in [5, 5.41) is 46.9. The van der Waals surface area contributed by atoms with Crippen molar-refractivity contribution in [1.82, 2.24) is 0 Å². The predicted molar refractivity (Wildman–Crippen MR) is 126 cm³/mol. The van der Waals surface area contributed by atoms with E-state index in [1.54, 1.807) is 0 Å². The molecule has 4 rings (SSSR count). The highest BCUT2D eigenvalue weighted by Crippen LogP contribution is 2.59. The number of hydrogen-bond donors (Lipinski definition) is 4. The van der Waals surface area contributed by atoms with Crippen LogP contribution in [0.1, 0.15) is 87.7 Å². The number of hydrogen-bond acceptors (Lipinski definition) is 4. The molecule has 0 bridgehead atoms. The maximum absolute atomic E-state index is 12.0. The molecule has 3 unspecified atom stereocenters. The van der Waals surface area contributed by atoms with E-state index < -0.39 is 22.9 Å².